The van der Waals surface area contributed by atoms with Crippen LogP contribution in [0.2, 0.25) is 0 Å². The number of aromatic nitrogens is 2. The van der Waals surface area contributed by atoms with Gasteiger partial charge in [-0.2, -0.15) is 8.78 Å². The summed E-state index contributed by atoms with van der Waals surface area (Å²) in [5.41, 5.74) is 4.34. The van der Waals surface area contributed by atoms with E-state index < -0.39 is 118 Å². The first kappa shape index (κ1) is 100. The van der Waals surface area contributed by atoms with Crippen molar-refractivity contribution in [1.82, 2.24) is 45.0 Å². The lowest BCUT2D eigenvalue weighted by molar-refractivity contribution is -0.150. The number of ketones is 2. The van der Waals surface area contributed by atoms with Crippen LogP contribution in [0.4, 0.5) is 22.0 Å². The number of hydrazine groups is 2. The second-order valence-electron chi connectivity index (χ2n) is 30.7. The molecule has 0 bridgehead atoms. The highest BCUT2D eigenvalue weighted by molar-refractivity contribution is 7.10. The van der Waals surface area contributed by atoms with Crippen LogP contribution in [-0.4, -0.2) is 199 Å². The number of rotatable bonds is 38. The van der Waals surface area contributed by atoms with E-state index in [9.17, 15) is 75.0 Å². The number of benzene rings is 3. The molecule has 2 saturated heterocycles. The number of amides is 3. The molecule has 2 aliphatic heterocycles. The first-order valence-electron chi connectivity index (χ1n) is 39.3. The summed E-state index contributed by atoms with van der Waals surface area (Å²) in [6, 6.07) is 17.8. The standard InChI is InChI=1S/C38H57N5O7S.C33H42F5N3O6S.C11H16N2O2.CH2O2/c1-9-25(4)29(19-33(45)31-17-13-14-18-41(31)7)37(47)42(8)32(24(2)3)20-34(50-27(6)44)36-39-30(23-51-36)35(46)40-43(21-26(5)38(48)49)22-28-15-11-10-12-16-28;1-8-17(4)19(13-23(43)21-11-9-10-12-40(21)6)32(44)41(7)22(16(2)3)14-24(46-18(5)42)31-39-20(15-48-31)33(45)47-30-28(37)26(35)25(34)27(36)29(30)38;1-9(11(14)15)7-13(12)8-10-5-3-2-4-6-10;2-1-3/h10-12,15-16,23-26,29,31-32,34H,9,13-14,17-22H2,1-8H3,(H,40,46)(H,48,49);15-17,19,21-22,24H,8-14H2,1-7H3;2-6,9H,7-8,12H2,1H3,(H,14,15);1H,(H,2,3)/t25-,26?,29-,31+,32+,34+;17-,19-,21+,22+,24+;;/m00../s1. The number of esters is 3. The largest absolute Gasteiger partial charge is 0.483 e. The lowest BCUT2D eigenvalue weighted by Gasteiger charge is -2.37. The number of nitrogens with one attached hydrogen (secondary N) is 1. The van der Waals surface area contributed by atoms with Crippen LogP contribution in [0.5, 0.6) is 5.75 Å². The summed E-state index contributed by atoms with van der Waals surface area (Å²) in [6.07, 6.45) is 5.65. The molecule has 2 fully saturated rings. The number of nitrogens with two attached hydrogens (primary N) is 1. The molecule has 2 aliphatic rings. The molecule has 2 unspecified atom stereocenters. The highest BCUT2D eigenvalue weighted by Gasteiger charge is 2.41. The number of carbonyl (C=O) groups is 11. The molecule has 117 heavy (non-hydrogen) atoms. The number of halogens is 5. The van der Waals surface area contributed by atoms with Gasteiger partial charge in [0.2, 0.25) is 46.6 Å². The Labute approximate surface area is 690 Å². The van der Waals surface area contributed by atoms with Gasteiger partial charge in [0.15, 0.2) is 29.5 Å². The lowest BCUT2D eigenvalue weighted by atomic mass is 9.83. The van der Waals surface area contributed by atoms with Crippen LogP contribution in [0.1, 0.15) is 214 Å². The Morgan fingerprint density at radius 1 is 0.590 bits per heavy atom. The fourth-order valence-electron chi connectivity index (χ4n) is 13.9. The number of ether oxygens (including phenoxy) is 3. The van der Waals surface area contributed by atoms with Crippen molar-refractivity contribution in [1.29, 1.82) is 0 Å². The molecule has 3 amide bonds. The van der Waals surface area contributed by atoms with Crippen LogP contribution >= 0.6 is 22.7 Å². The summed E-state index contributed by atoms with van der Waals surface area (Å²) in [5.74, 6) is -15.5. The van der Waals surface area contributed by atoms with Crippen LogP contribution in [0, 0.1) is 76.4 Å². The minimum Gasteiger partial charge on any atom is -0.483 e. The molecule has 4 heterocycles. The number of likely N-dealkylation sites (N-methyl/N-ethyl adjacent to an activating group) is 2. The quantitative estimate of drug-likeness (QED) is 0.00358. The third-order valence-corrected chi connectivity index (χ3v) is 23.0. The molecule has 7 rings (SSSR count). The maximum Gasteiger partial charge on any atom is 0.363 e. The molecular weight excluding hydrogens is 1570 g/mol. The number of piperidine rings is 2. The first-order valence-corrected chi connectivity index (χ1v) is 41.0. The van der Waals surface area contributed by atoms with E-state index in [1.165, 1.54) is 23.3 Å². The number of likely N-dealkylation sites (tertiary alicyclic amines) is 2. The van der Waals surface area contributed by atoms with Crippen molar-refractivity contribution >= 4 is 88.3 Å². The van der Waals surface area contributed by atoms with E-state index in [1.54, 1.807) is 48.1 Å². The van der Waals surface area contributed by atoms with E-state index in [0.29, 0.717) is 24.5 Å². The number of aliphatic carboxylic acids is 2. The van der Waals surface area contributed by atoms with Gasteiger partial charge in [0, 0.05) is 114 Å². The Morgan fingerprint density at radius 3 is 1.34 bits per heavy atom. The van der Waals surface area contributed by atoms with Crippen molar-refractivity contribution in [3.05, 3.63) is 133 Å². The zero-order valence-electron chi connectivity index (χ0n) is 69.7. The third kappa shape index (κ3) is 31.0. The number of Topliss-reactive ketones (excluding diaryl/α,β-unsaturated/α-hetero) is 2. The average molecular weight is 1690 g/mol. The maximum absolute atomic E-state index is 14.2. The summed E-state index contributed by atoms with van der Waals surface area (Å²) in [6.45, 7) is 24.1. The fraction of sp³-hybridized carbons (Fsp3) is 0.578. The van der Waals surface area contributed by atoms with E-state index >= 15 is 0 Å². The number of hydrogen-bond donors (Lipinski definition) is 5. The highest BCUT2D eigenvalue weighted by Crippen LogP contribution is 2.37. The van der Waals surface area contributed by atoms with E-state index in [0.717, 1.165) is 92.8 Å². The van der Waals surface area contributed by atoms with Crippen molar-refractivity contribution in [3.8, 4) is 5.75 Å². The summed E-state index contributed by atoms with van der Waals surface area (Å²) in [7, 11) is 7.27. The van der Waals surface area contributed by atoms with E-state index in [1.807, 2.05) is 135 Å². The lowest BCUT2D eigenvalue weighted by Crippen LogP contribution is -2.48. The topological polar surface area (TPSA) is 359 Å². The fourth-order valence-corrected chi connectivity index (χ4v) is 15.6. The van der Waals surface area contributed by atoms with Crippen molar-refractivity contribution < 1.29 is 104 Å². The van der Waals surface area contributed by atoms with Crippen molar-refractivity contribution in [2.45, 2.75) is 210 Å². The molecular formula is C83H117F5N10O17S2. The van der Waals surface area contributed by atoms with Crippen LogP contribution < -0.4 is 16.0 Å². The maximum atomic E-state index is 14.2. The van der Waals surface area contributed by atoms with Crippen LogP contribution in [0.15, 0.2) is 71.4 Å². The van der Waals surface area contributed by atoms with E-state index in [-0.39, 0.29) is 121 Å². The monoisotopic (exact) mass is 1680 g/mol. The minimum atomic E-state index is -2.41. The zero-order valence-corrected chi connectivity index (χ0v) is 71.4. The van der Waals surface area contributed by atoms with Gasteiger partial charge in [-0.1, -0.05) is 156 Å². The second kappa shape index (κ2) is 49.4. The Balaban J connectivity index is 0.000000406. The molecule has 6 N–H and O–H groups in total. The molecule has 2 aromatic heterocycles. The summed E-state index contributed by atoms with van der Waals surface area (Å²) < 4.78 is 84.6. The smallest absolute Gasteiger partial charge is 0.363 e. The number of carboxylic acids is 2. The Morgan fingerprint density at radius 2 is 0.966 bits per heavy atom. The molecule has 5 aromatic rings. The van der Waals surface area contributed by atoms with Crippen LogP contribution in [-0.2, 0) is 65.7 Å². The Hall–Kier alpha value is -9.06. The number of thiazole rings is 2. The Kier molecular flexibility index (Phi) is 42.3. The van der Waals surface area contributed by atoms with Crippen molar-refractivity contribution in [2.75, 3.05) is 54.4 Å². The van der Waals surface area contributed by atoms with Gasteiger partial charge in [0.1, 0.15) is 15.7 Å². The van der Waals surface area contributed by atoms with Gasteiger partial charge in [-0.05, 0) is 87.7 Å². The number of carbonyl (C=O) groups excluding carboxylic acids is 8. The van der Waals surface area contributed by atoms with Gasteiger partial charge in [-0.25, -0.2) is 38.0 Å². The van der Waals surface area contributed by atoms with Gasteiger partial charge in [-0.15, -0.1) is 22.7 Å². The van der Waals surface area contributed by atoms with Gasteiger partial charge >= 0.3 is 29.8 Å². The molecule has 0 saturated carbocycles. The summed E-state index contributed by atoms with van der Waals surface area (Å²) in [4.78, 5) is 152. The molecule has 0 aliphatic carbocycles. The number of nitrogens with zero attached hydrogens (tertiary/aromatic N) is 8. The minimum absolute atomic E-state index is 0.00477. The van der Waals surface area contributed by atoms with Gasteiger partial charge in [0.05, 0.1) is 23.9 Å². The van der Waals surface area contributed by atoms with Gasteiger partial charge in [0.25, 0.3) is 12.4 Å². The second-order valence-corrected chi connectivity index (χ2v) is 32.5. The molecule has 0 spiro atoms. The van der Waals surface area contributed by atoms with E-state index in [4.69, 9.17) is 30.3 Å². The molecule has 12 atom stereocenters. The SMILES string of the molecule is CC(CN(N)Cc1ccccc1)C(=O)O.CC[C@H](C)[C@H](CC(=O)[C@H]1CCCCN1C)C(=O)N(C)[C@H](C[C@@H](OC(C)=O)c1nc(C(=O)NN(Cc2ccccc2)CC(C)C(=O)O)cs1)C(C)C.CC[C@H](C)[C@H](CC(=O)[C@H]1CCCCN1C)C(=O)N(C)[C@H](C[C@@H](OC(C)=O)c1nc(C(=O)Oc2c(F)c(F)c(F)c(F)c2F)cs1)C(C)C.O=CO. The predicted octanol–water partition coefficient (Wildman–Crippen LogP) is 13.0. The van der Waals surface area contributed by atoms with Crippen LogP contribution in [0.3, 0.4) is 0 Å². The Bertz CT molecular complexity index is 4040. The normalized spacial score (nSPS) is 16.9. The number of carboxylic acid groups (broad SMARTS) is 3. The molecule has 3 aromatic carbocycles. The molecule has 648 valence electrons. The first-order chi connectivity index (χ1) is 55.1. The molecule has 34 heteroatoms. The van der Waals surface area contributed by atoms with Crippen molar-refractivity contribution in [2.24, 2.45) is 53.2 Å². The molecule has 27 nitrogen and oxygen atoms in total. The summed E-state index contributed by atoms with van der Waals surface area (Å²) >= 11 is 2.01. The van der Waals surface area contributed by atoms with E-state index in [2.05, 4.69) is 25.0 Å². The van der Waals surface area contributed by atoms with Gasteiger partial charge in [-0.3, -0.25) is 69.0 Å². The predicted molar refractivity (Wildman–Crippen MR) is 430 cm³/mol. The third-order valence-electron chi connectivity index (χ3n) is 21.1. The van der Waals surface area contributed by atoms with Crippen molar-refractivity contribution in [3.63, 3.8) is 0 Å². The number of hydrogen-bond acceptors (Lipinski definition) is 23. The van der Waals surface area contributed by atoms with Crippen LogP contribution in [0.25, 0.3) is 0 Å². The molecule has 0 radical (unpaired) electrons. The summed E-state index contributed by atoms with van der Waals surface area (Å²) in [5, 5.41) is 31.4. The highest BCUT2D eigenvalue weighted by atomic mass is 32.1. The average Bonchev–Trinajstić information content (AvgIpc) is 1.66. The van der Waals surface area contributed by atoms with Gasteiger partial charge < -0.3 is 39.3 Å². The zero-order chi connectivity index (χ0) is 87.8.